The fourth-order valence-corrected chi connectivity index (χ4v) is 2.38. The molecule has 4 heteroatoms. The van der Waals surface area contributed by atoms with Crippen molar-refractivity contribution in [3.05, 3.63) is 0 Å². The molecule has 0 aliphatic heterocycles. The summed E-state index contributed by atoms with van der Waals surface area (Å²) in [5.74, 6) is 1.65. The highest BCUT2D eigenvalue weighted by atomic mass is 35.5. The molecular weight excluding hydrogens is 224 g/mol. The molecule has 0 bridgehead atoms. The summed E-state index contributed by atoms with van der Waals surface area (Å²) in [6.07, 6.45) is 6.50. The normalized spacial score (nSPS) is 26.7. The Morgan fingerprint density at radius 1 is 1.50 bits per heavy atom. The second-order valence-electron chi connectivity index (χ2n) is 5.01. The molecule has 1 aliphatic rings. The van der Waals surface area contributed by atoms with Gasteiger partial charge in [0.2, 0.25) is 5.91 Å². The Morgan fingerprint density at radius 2 is 2.19 bits per heavy atom. The maximum Gasteiger partial charge on any atom is 0.236 e. The van der Waals surface area contributed by atoms with E-state index < -0.39 is 0 Å². The molecule has 0 heterocycles. The van der Waals surface area contributed by atoms with Gasteiger partial charge in [0.15, 0.2) is 0 Å². The minimum atomic E-state index is -0.379. The third-order valence-corrected chi connectivity index (χ3v) is 3.31. The average Bonchev–Trinajstić information content (AvgIpc) is 2.17. The van der Waals surface area contributed by atoms with E-state index >= 15 is 0 Å². The number of carbonyl (C=O) groups excluding carboxylic acids is 1. The standard InChI is InChI=1S/C12H24N2O.ClH/c1-9-4-3-5-11(8-9)6-7-14-12(15)10(2)13;/h9-11H,3-8,13H2,1-2H3,(H,14,15);1H/t9?,10-,11?;/m1./s1. The molecule has 0 aromatic carbocycles. The van der Waals surface area contributed by atoms with Crippen molar-refractivity contribution in [3.63, 3.8) is 0 Å². The van der Waals surface area contributed by atoms with Crippen molar-refractivity contribution in [2.24, 2.45) is 17.6 Å². The summed E-state index contributed by atoms with van der Waals surface area (Å²) < 4.78 is 0. The number of nitrogens with two attached hydrogens (primary N) is 1. The molecular formula is C12H25ClN2O. The van der Waals surface area contributed by atoms with Gasteiger partial charge < -0.3 is 11.1 Å². The van der Waals surface area contributed by atoms with E-state index in [4.69, 9.17) is 5.73 Å². The maximum absolute atomic E-state index is 11.2. The Bertz CT molecular complexity index is 209. The van der Waals surface area contributed by atoms with Gasteiger partial charge in [-0.2, -0.15) is 0 Å². The Hall–Kier alpha value is -0.280. The van der Waals surface area contributed by atoms with Gasteiger partial charge in [0, 0.05) is 6.54 Å². The third-order valence-electron chi connectivity index (χ3n) is 3.31. The fraction of sp³-hybridized carbons (Fsp3) is 0.917. The van der Waals surface area contributed by atoms with Gasteiger partial charge in [0.1, 0.15) is 0 Å². The molecule has 0 aromatic rings. The van der Waals surface area contributed by atoms with Crippen molar-refractivity contribution in [1.29, 1.82) is 0 Å². The van der Waals surface area contributed by atoms with Crippen LogP contribution in [0.5, 0.6) is 0 Å². The zero-order chi connectivity index (χ0) is 11.3. The number of halogens is 1. The quantitative estimate of drug-likeness (QED) is 0.801. The molecule has 0 aromatic heterocycles. The molecule has 96 valence electrons. The first-order chi connectivity index (χ1) is 7.09. The van der Waals surface area contributed by atoms with Crippen LogP contribution in [0, 0.1) is 11.8 Å². The highest BCUT2D eigenvalue weighted by Gasteiger charge is 2.18. The number of rotatable bonds is 4. The zero-order valence-electron chi connectivity index (χ0n) is 10.4. The van der Waals surface area contributed by atoms with Crippen LogP contribution in [-0.4, -0.2) is 18.5 Å². The van der Waals surface area contributed by atoms with Crippen LogP contribution < -0.4 is 11.1 Å². The largest absolute Gasteiger partial charge is 0.355 e. The molecule has 0 radical (unpaired) electrons. The summed E-state index contributed by atoms with van der Waals surface area (Å²) >= 11 is 0. The average molecular weight is 249 g/mol. The lowest BCUT2D eigenvalue weighted by atomic mass is 9.81. The van der Waals surface area contributed by atoms with Gasteiger partial charge in [-0.25, -0.2) is 0 Å². The van der Waals surface area contributed by atoms with E-state index in [0.717, 1.165) is 24.8 Å². The van der Waals surface area contributed by atoms with E-state index in [0.29, 0.717) is 0 Å². The molecule has 1 aliphatic carbocycles. The number of amides is 1. The van der Waals surface area contributed by atoms with Crippen molar-refractivity contribution >= 4 is 18.3 Å². The molecule has 1 fully saturated rings. The minimum absolute atomic E-state index is 0. The van der Waals surface area contributed by atoms with Gasteiger partial charge >= 0.3 is 0 Å². The van der Waals surface area contributed by atoms with Gasteiger partial charge in [-0.05, 0) is 31.6 Å². The van der Waals surface area contributed by atoms with E-state index in [1.54, 1.807) is 6.92 Å². The highest BCUT2D eigenvalue weighted by molar-refractivity contribution is 5.85. The Kier molecular flexibility index (Phi) is 7.77. The third kappa shape index (κ3) is 5.71. The van der Waals surface area contributed by atoms with Crippen LogP contribution in [0.25, 0.3) is 0 Å². The predicted octanol–water partition coefficient (Wildman–Crippen LogP) is 2.09. The molecule has 0 spiro atoms. The first-order valence-corrected chi connectivity index (χ1v) is 6.13. The van der Waals surface area contributed by atoms with Gasteiger partial charge in [-0.15, -0.1) is 12.4 Å². The molecule has 3 atom stereocenters. The molecule has 3 N–H and O–H groups in total. The lowest BCUT2D eigenvalue weighted by Gasteiger charge is -2.26. The summed E-state index contributed by atoms with van der Waals surface area (Å²) in [6.45, 7) is 4.84. The lowest BCUT2D eigenvalue weighted by Crippen LogP contribution is -2.39. The van der Waals surface area contributed by atoms with E-state index in [2.05, 4.69) is 12.2 Å². The van der Waals surface area contributed by atoms with Gasteiger partial charge in [0.05, 0.1) is 6.04 Å². The van der Waals surface area contributed by atoms with Crippen LogP contribution >= 0.6 is 12.4 Å². The van der Waals surface area contributed by atoms with Crippen LogP contribution in [0.1, 0.15) is 46.0 Å². The number of hydrogen-bond acceptors (Lipinski definition) is 2. The summed E-state index contributed by atoms with van der Waals surface area (Å²) in [5.41, 5.74) is 5.47. The van der Waals surface area contributed by atoms with E-state index in [1.165, 1.54) is 25.7 Å². The predicted molar refractivity (Wildman–Crippen MR) is 69.6 cm³/mol. The number of carbonyl (C=O) groups is 1. The summed E-state index contributed by atoms with van der Waals surface area (Å²) in [7, 11) is 0. The summed E-state index contributed by atoms with van der Waals surface area (Å²) in [5, 5.41) is 2.88. The van der Waals surface area contributed by atoms with E-state index in [-0.39, 0.29) is 24.4 Å². The molecule has 2 unspecified atom stereocenters. The van der Waals surface area contributed by atoms with Crippen molar-refractivity contribution < 1.29 is 4.79 Å². The maximum atomic E-state index is 11.2. The van der Waals surface area contributed by atoms with Crippen LogP contribution in [-0.2, 0) is 4.79 Å². The second-order valence-corrected chi connectivity index (χ2v) is 5.01. The topological polar surface area (TPSA) is 55.1 Å². The lowest BCUT2D eigenvalue weighted by molar-refractivity contribution is -0.122. The molecule has 1 saturated carbocycles. The van der Waals surface area contributed by atoms with Crippen molar-refractivity contribution in [3.8, 4) is 0 Å². The van der Waals surface area contributed by atoms with Crippen LogP contribution in [0.15, 0.2) is 0 Å². The van der Waals surface area contributed by atoms with Crippen molar-refractivity contribution in [2.75, 3.05) is 6.54 Å². The van der Waals surface area contributed by atoms with Crippen LogP contribution in [0.3, 0.4) is 0 Å². The fourth-order valence-electron chi connectivity index (χ4n) is 2.38. The molecule has 3 nitrogen and oxygen atoms in total. The Balaban J connectivity index is 0.00000225. The molecule has 1 amide bonds. The van der Waals surface area contributed by atoms with Gasteiger partial charge in [-0.1, -0.05) is 26.2 Å². The van der Waals surface area contributed by atoms with Crippen LogP contribution in [0.2, 0.25) is 0 Å². The van der Waals surface area contributed by atoms with E-state index in [9.17, 15) is 4.79 Å². The SMILES string of the molecule is CC1CCCC(CCNC(=O)[C@@H](C)N)C1.Cl. The Morgan fingerprint density at radius 3 is 2.75 bits per heavy atom. The molecule has 1 rings (SSSR count). The van der Waals surface area contributed by atoms with Crippen molar-refractivity contribution in [2.45, 2.75) is 52.0 Å². The molecule has 0 saturated heterocycles. The monoisotopic (exact) mass is 248 g/mol. The number of nitrogens with one attached hydrogen (secondary N) is 1. The highest BCUT2D eigenvalue weighted by Crippen LogP contribution is 2.30. The van der Waals surface area contributed by atoms with Crippen LogP contribution in [0.4, 0.5) is 0 Å². The van der Waals surface area contributed by atoms with E-state index in [1.807, 2.05) is 0 Å². The van der Waals surface area contributed by atoms with Gasteiger partial charge in [-0.3, -0.25) is 4.79 Å². The zero-order valence-corrected chi connectivity index (χ0v) is 11.2. The smallest absolute Gasteiger partial charge is 0.236 e. The number of hydrogen-bond donors (Lipinski definition) is 2. The second kappa shape index (κ2) is 7.91. The summed E-state index contributed by atoms with van der Waals surface area (Å²) in [4.78, 5) is 11.2. The minimum Gasteiger partial charge on any atom is -0.355 e. The molecule has 16 heavy (non-hydrogen) atoms. The summed E-state index contributed by atoms with van der Waals surface area (Å²) in [6, 6.07) is -0.379. The van der Waals surface area contributed by atoms with Gasteiger partial charge in [0.25, 0.3) is 0 Å². The van der Waals surface area contributed by atoms with Crippen molar-refractivity contribution in [1.82, 2.24) is 5.32 Å². The Labute approximate surface area is 105 Å². The first kappa shape index (κ1) is 15.7. The first-order valence-electron chi connectivity index (χ1n) is 6.13.